The standard InChI is InChI=1S/C22H25N3O5S/c1-14-12-24(31(28)17-7-4-15(29-2)5-8-17)13-21(14)25-20-10-16(30-3)6-9-18(20)19(23-25)11-22(26)27/h4-10,14,21H,11-13H2,1-3H3,(H,26,27)/t14-,21+,31?/m1/s1. The molecule has 3 aromatic rings. The van der Waals surface area contributed by atoms with Gasteiger partial charge in [-0.15, -0.1) is 0 Å². The van der Waals surface area contributed by atoms with Gasteiger partial charge in [0.15, 0.2) is 0 Å². The van der Waals surface area contributed by atoms with Gasteiger partial charge >= 0.3 is 5.97 Å². The number of carboxylic acid groups (broad SMARTS) is 1. The number of benzene rings is 2. The van der Waals surface area contributed by atoms with E-state index in [1.165, 1.54) is 0 Å². The molecule has 2 heterocycles. The summed E-state index contributed by atoms with van der Waals surface area (Å²) < 4.78 is 27.5. The summed E-state index contributed by atoms with van der Waals surface area (Å²) in [6.07, 6.45) is -0.154. The second-order valence-corrected chi connectivity index (χ2v) is 9.15. The van der Waals surface area contributed by atoms with Gasteiger partial charge in [0.05, 0.1) is 42.8 Å². The quantitative estimate of drug-likeness (QED) is 0.604. The Morgan fingerprint density at radius 2 is 1.81 bits per heavy atom. The van der Waals surface area contributed by atoms with E-state index in [2.05, 4.69) is 12.0 Å². The monoisotopic (exact) mass is 443 g/mol. The highest BCUT2D eigenvalue weighted by molar-refractivity contribution is 7.82. The zero-order chi connectivity index (χ0) is 22.1. The van der Waals surface area contributed by atoms with Crippen LogP contribution in [-0.4, -0.2) is 56.7 Å². The molecule has 8 nitrogen and oxygen atoms in total. The third-order valence-corrected chi connectivity index (χ3v) is 7.10. The molecule has 0 aliphatic carbocycles. The Hall–Kier alpha value is -2.91. The molecular formula is C22H25N3O5S. The van der Waals surface area contributed by atoms with Gasteiger partial charge in [-0.1, -0.05) is 6.92 Å². The minimum absolute atomic E-state index is 0.0423. The van der Waals surface area contributed by atoms with Crippen LogP contribution in [0.1, 0.15) is 18.7 Å². The number of carboxylic acids is 1. The van der Waals surface area contributed by atoms with Gasteiger partial charge in [-0.2, -0.15) is 5.10 Å². The first kappa shape index (κ1) is 21.3. The van der Waals surface area contributed by atoms with E-state index in [9.17, 15) is 14.1 Å². The van der Waals surface area contributed by atoms with E-state index >= 15 is 0 Å². The molecule has 0 radical (unpaired) electrons. The van der Waals surface area contributed by atoms with Gasteiger partial charge in [0, 0.05) is 24.5 Å². The third kappa shape index (κ3) is 4.15. The molecule has 4 rings (SSSR count). The van der Waals surface area contributed by atoms with Gasteiger partial charge < -0.3 is 14.6 Å². The molecule has 0 saturated carbocycles. The lowest BCUT2D eigenvalue weighted by Crippen LogP contribution is -2.24. The summed E-state index contributed by atoms with van der Waals surface area (Å²) in [6, 6.07) is 12.7. The van der Waals surface area contributed by atoms with Crippen molar-refractivity contribution in [2.75, 3.05) is 27.3 Å². The van der Waals surface area contributed by atoms with Crippen LogP contribution in [-0.2, 0) is 22.2 Å². The molecular weight excluding hydrogens is 418 g/mol. The van der Waals surface area contributed by atoms with Crippen molar-refractivity contribution < 1.29 is 23.6 Å². The van der Waals surface area contributed by atoms with Crippen LogP contribution in [0.5, 0.6) is 11.5 Å². The number of carbonyl (C=O) groups is 1. The molecule has 0 bridgehead atoms. The van der Waals surface area contributed by atoms with Crippen molar-refractivity contribution in [1.29, 1.82) is 0 Å². The first-order chi connectivity index (χ1) is 14.9. The lowest BCUT2D eigenvalue weighted by Gasteiger charge is -2.17. The fourth-order valence-corrected chi connectivity index (χ4v) is 5.36. The highest BCUT2D eigenvalue weighted by Crippen LogP contribution is 2.34. The van der Waals surface area contributed by atoms with Crippen LogP contribution in [0.2, 0.25) is 0 Å². The average molecular weight is 444 g/mol. The molecule has 1 fully saturated rings. The molecule has 31 heavy (non-hydrogen) atoms. The highest BCUT2D eigenvalue weighted by atomic mass is 32.2. The number of ether oxygens (including phenoxy) is 2. The number of rotatable bonds is 7. The summed E-state index contributed by atoms with van der Waals surface area (Å²) in [5.74, 6) is 0.648. The van der Waals surface area contributed by atoms with Crippen LogP contribution in [0, 0.1) is 5.92 Å². The fraction of sp³-hybridized carbons (Fsp3) is 0.364. The van der Waals surface area contributed by atoms with Crippen molar-refractivity contribution in [1.82, 2.24) is 14.1 Å². The summed E-state index contributed by atoms with van der Waals surface area (Å²) in [5, 5.41) is 14.8. The highest BCUT2D eigenvalue weighted by Gasteiger charge is 2.36. The predicted molar refractivity (Wildman–Crippen MR) is 117 cm³/mol. The summed E-state index contributed by atoms with van der Waals surface area (Å²) in [7, 11) is 1.88. The van der Waals surface area contributed by atoms with Crippen LogP contribution in [0.15, 0.2) is 47.4 Å². The Labute approximate surface area is 183 Å². The zero-order valence-corrected chi connectivity index (χ0v) is 18.5. The molecule has 2 aromatic carbocycles. The first-order valence-corrected chi connectivity index (χ1v) is 11.1. The van der Waals surface area contributed by atoms with Crippen LogP contribution < -0.4 is 9.47 Å². The van der Waals surface area contributed by atoms with Crippen LogP contribution in [0.4, 0.5) is 0 Å². The molecule has 1 aromatic heterocycles. The molecule has 1 aliphatic rings. The van der Waals surface area contributed by atoms with Crippen molar-refractivity contribution >= 4 is 27.9 Å². The van der Waals surface area contributed by atoms with E-state index in [0.29, 0.717) is 29.4 Å². The van der Waals surface area contributed by atoms with E-state index < -0.39 is 17.0 Å². The number of hydrogen-bond acceptors (Lipinski definition) is 5. The minimum Gasteiger partial charge on any atom is -0.497 e. The first-order valence-electron chi connectivity index (χ1n) is 9.99. The molecule has 9 heteroatoms. The van der Waals surface area contributed by atoms with Crippen LogP contribution in [0.3, 0.4) is 0 Å². The molecule has 0 amide bonds. The molecule has 1 N–H and O–H groups in total. The summed E-state index contributed by atoms with van der Waals surface area (Å²) in [6.45, 7) is 3.28. The van der Waals surface area contributed by atoms with Crippen molar-refractivity contribution in [3.05, 3.63) is 48.2 Å². The third-order valence-electron chi connectivity index (χ3n) is 5.66. The number of methoxy groups -OCH3 is 2. The van der Waals surface area contributed by atoms with Gasteiger partial charge in [0.25, 0.3) is 0 Å². The Morgan fingerprint density at radius 3 is 2.45 bits per heavy atom. The maximum Gasteiger partial charge on any atom is 0.309 e. The molecule has 0 spiro atoms. The van der Waals surface area contributed by atoms with E-state index in [4.69, 9.17) is 9.47 Å². The smallest absolute Gasteiger partial charge is 0.309 e. The second-order valence-electron chi connectivity index (χ2n) is 7.66. The topological polar surface area (TPSA) is 93.9 Å². The Morgan fingerprint density at radius 1 is 1.13 bits per heavy atom. The SMILES string of the molecule is COc1ccc(S(=O)N2C[C@@H](C)[C@@H](n3nc(CC(=O)O)c4ccc(OC)cc43)C2)cc1. The normalized spacial score (nSPS) is 20.1. The fourth-order valence-electron chi connectivity index (χ4n) is 4.04. The van der Waals surface area contributed by atoms with Crippen molar-refractivity contribution in [2.45, 2.75) is 24.3 Å². The molecule has 164 valence electrons. The predicted octanol–water partition coefficient (Wildman–Crippen LogP) is 2.90. The maximum atomic E-state index is 13.2. The summed E-state index contributed by atoms with van der Waals surface area (Å²) >= 11 is 0. The number of hydrogen-bond donors (Lipinski definition) is 1. The van der Waals surface area contributed by atoms with Gasteiger partial charge in [-0.05, 0) is 42.3 Å². The Balaban J connectivity index is 1.66. The van der Waals surface area contributed by atoms with Gasteiger partial charge in [-0.3, -0.25) is 9.48 Å². The molecule has 1 saturated heterocycles. The van der Waals surface area contributed by atoms with E-state index in [0.717, 1.165) is 16.7 Å². The van der Waals surface area contributed by atoms with Gasteiger partial charge in [0.2, 0.25) is 0 Å². The largest absolute Gasteiger partial charge is 0.497 e. The number of fused-ring (bicyclic) bond motifs is 1. The van der Waals surface area contributed by atoms with Crippen molar-refractivity contribution in [2.24, 2.45) is 5.92 Å². The van der Waals surface area contributed by atoms with Crippen molar-refractivity contribution in [3.8, 4) is 11.5 Å². The minimum atomic E-state index is -1.31. The second kappa shape index (κ2) is 8.68. The zero-order valence-electron chi connectivity index (χ0n) is 17.6. The molecule has 1 unspecified atom stereocenters. The Bertz CT molecular complexity index is 1130. The lowest BCUT2D eigenvalue weighted by molar-refractivity contribution is -0.136. The van der Waals surface area contributed by atoms with Gasteiger partial charge in [0.1, 0.15) is 22.5 Å². The van der Waals surface area contributed by atoms with Gasteiger partial charge in [-0.25, -0.2) is 8.51 Å². The van der Waals surface area contributed by atoms with Crippen LogP contribution >= 0.6 is 0 Å². The number of aliphatic carboxylic acids is 1. The number of aromatic nitrogens is 2. The van der Waals surface area contributed by atoms with E-state index in [1.54, 1.807) is 26.4 Å². The summed E-state index contributed by atoms with van der Waals surface area (Å²) in [4.78, 5) is 12.1. The molecule has 3 atom stereocenters. The van der Waals surface area contributed by atoms with Crippen LogP contribution in [0.25, 0.3) is 10.9 Å². The molecule has 1 aliphatic heterocycles. The Kier molecular flexibility index (Phi) is 5.97. The lowest BCUT2D eigenvalue weighted by atomic mass is 10.1. The van der Waals surface area contributed by atoms with E-state index in [-0.39, 0.29) is 18.4 Å². The number of nitrogens with zero attached hydrogens (tertiary/aromatic N) is 3. The maximum absolute atomic E-state index is 13.2. The average Bonchev–Trinajstić information content (AvgIpc) is 3.32. The summed E-state index contributed by atoms with van der Waals surface area (Å²) in [5.41, 5.74) is 1.34. The van der Waals surface area contributed by atoms with Crippen molar-refractivity contribution in [3.63, 3.8) is 0 Å². The van der Waals surface area contributed by atoms with E-state index in [1.807, 2.05) is 39.3 Å².